The highest BCUT2D eigenvalue weighted by Gasteiger charge is 2.22. The second-order valence-corrected chi connectivity index (χ2v) is 6.93. The highest BCUT2D eigenvalue weighted by molar-refractivity contribution is 6.07. The van der Waals surface area contributed by atoms with Crippen molar-refractivity contribution in [3.63, 3.8) is 0 Å². The smallest absolute Gasteiger partial charge is 0.337 e. The number of carbonyl (C=O) groups is 2. The molecule has 0 radical (unpaired) electrons. The largest absolute Gasteiger partial charge is 0.465 e. The number of esters is 1. The molecule has 3 rings (SSSR count). The summed E-state index contributed by atoms with van der Waals surface area (Å²) in [5, 5.41) is 11.6. The molecule has 1 amide bonds. The first-order valence-electron chi connectivity index (χ1n) is 9.22. The predicted molar refractivity (Wildman–Crippen MR) is 106 cm³/mol. The lowest BCUT2D eigenvalue weighted by atomic mass is 10.1. The van der Waals surface area contributed by atoms with E-state index in [-0.39, 0.29) is 16.7 Å². The van der Waals surface area contributed by atoms with Crippen LogP contribution in [0, 0.1) is 17.1 Å². The first kappa shape index (κ1) is 20.3. The zero-order chi connectivity index (χ0) is 21.0. The Hall–Kier alpha value is -3.44. The Labute approximate surface area is 168 Å². The van der Waals surface area contributed by atoms with Crippen LogP contribution in [0.2, 0.25) is 0 Å². The van der Waals surface area contributed by atoms with E-state index >= 15 is 0 Å². The second-order valence-electron chi connectivity index (χ2n) is 6.93. The van der Waals surface area contributed by atoms with Crippen LogP contribution in [0.1, 0.15) is 26.3 Å². The van der Waals surface area contributed by atoms with E-state index in [1.807, 2.05) is 6.07 Å². The van der Waals surface area contributed by atoms with Crippen LogP contribution in [0.3, 0.4) is 0 Å². The molecule has 0 aliphatic carbocycles. The Morgan fingerprint density at radius 2 is 1.93 bits per heavy atom. The number of nitrogens with one attached hydrogen (secondary N) is 2. The number of methoxy groups -OCH3 is 1. The number of anilines is 2. The third-order valence-corrected chi connectivity index (χ3v) is 4.97. The number of quaternary nitrogens is 1. The summed E-state index contributed by atoms with van der Waals surface area (Å²) in [6.07, 6.45) is 0. The van der Waals surface area contributed by atoms with Crippen LogP contribution < -0.4 is 15.1 Å². The zero-order valence-electron chi connectivity index (χ0n) is 16.3. The van der Waals surface area contributed by atoms with Crippen LogP contribution in [0.5, 0.6) is 0 Å². The van der Waals surface area contributed by atoms with Gasteiger partial charge in [0.15, 0.2) is 0 Å². The van der Waals surface area contributed by atoms with E-state index in [1.54, 1.807) is 12.1 Å². The minimum Gasteiger partial charge on any atom is -0.465 e. The number of piperazine rings is 1. The van der Waals surface area contributed by atoms with Crippen molar-refractivity contribution in [3.8, 4) is 6.07 Å². The normalized spacial score (nSPS) is 14.2. The first-order chi connectivity index (χ1) is 13.9. The number of carbonyl (C=O) groups excluding carboxylic acids is 2. The fraction of sp³-hybridized carbons (Fsp3) is 0.286. The lowest BCUT2D eigenvalue weighted by Gasteiger charge is -2.33. The van der Waals surface area contributed by atoms with Crippen molar-refractivity contribution in [2.45, 2.75) is 0 Å². The number of nitriles is 1. The fourth-order valence-corrected chi connectivity index (χ4v) is 3.24. The van der Waals surface area contributed by atoms with Crippen LogP contribution in [0.15, 0.2) is 36.4 Å². The molecule has 0 aromatic heterocycles. The Bertz CT molecular complexity index is 978. The molecule has 0 atom stereocenters. The standard InChI is InChI=1S/C21H21FN4O3/c1-25-7-9-26(10-8-25)19-6-4-15(21(28)29-2)12-18(19)24-20(27)16-5-3-14(13-23)11-17(16)22/h3-6,11-12H,7-10H2,1-2H3,(H,24,27)/p+1. The van der Waals surface area contributed by atoms with E-state index in [0.717, 1.165) is 37.9 Å². The number of hydrogen-bond donors (Lipinski definition) is 2. The summed E-state index contributed by atoms with van der Waals surface area (Å²) in [4.78, 5) is 28.2. The molecule has 0 bridgehead atoms. The van der Waals surface area contributed by atoms with Crippen molar-refractivity contribution in [2.75, 3.05) is 50.6 Å². The maximum absolute atomic E-state index is 14.3. The van der Waals surface area contributed by atoms with Crippen molar-refractivity contribution < 1.29 is 23.6 Å². The van der Waals surface area contributed by atoms with Gasteiger partial charge in [0.25, 0.3) is 5.91 Å². The molecule has 1 aliphatic rings. The molecule has 2 aromatic rings. The molecule has 0 saturated carbocycles. The van der Waals surface area contributed by atoms with Gasteiger partial charge in [0, 0.05) is 0 Å². The van der Waals surface area contributed by atoms with Gasteiger partial charge in [0.05, 0.1) is 74.5 Å². The summed E-state index contributed by atoms with van der Waals surface area (Å²) < 4.78 is 19.0. The molecule has 1 fully saturated rings. The van der Waals surface area contributed by atoms with Gasteiger partial charge in [-0.15, -0.1) is 0 Å². The number of likely N-dealkylation sites (N-methyl/N-ethyl adjacent to an activating group) is 1. The molecule has 1 aliphatic heterocycles. The molecule has 2 N–H and O–H groups in total. The monoisotopic (exact) mass is 397 g/mol. The number of hydrogen-bond acceptors (Lipinski definition) is 5. The zero-order valence-corrected chi connectivity index (χ0v) is 16.3. The first-order valence-corrected chi connectivity index (χ1v) is 9.22. The van der Waals surface area contributed by atoms with Crippen LogP contribution in [-0.2, 0) is 4.74 Å². The summed E-state index contributed by atoms with van der Waals surface area (Å²) in [6.45, 7) is 3.46. The van der Waals surface area contributed by atoms with Gasteiger partial charge in [-0.25, -0.2) is 9.18 Å². The van der Waals surface area contributed by atoms with Crippen molar-refractivity contribution in [1.29, 1.82) is 5.26 Å². The summed E-state index contributed by atoms with van der Waals surface area (Å²) in [5.74, 6) is -1.97. The van der Waals surface area contributed by atoms with E-state index in [1.165, 1.54) is 30.2 Å². The molecule has 8 heteroatoms. The molecule has 29 heavy (non-hydrogen) atoms. The van der Waals surface area contributed by atoms with E-state index < -0.39 is 17.7 Å². The summed E-state index contributed by atoms with van der Waals surface area (Å²) in [6, 6.07) is 10.4. The number of nitrogens with zero attached hydrogens (tertiary/aromatic N) is 2. The highest BCUT2D eigenvalue weighted by atomic mass is 19.1. The molecule has 0 spiro atoms. The van der Waals surface area contributed by atoms with E-state index in [9.17, 15) is 14.0 Å². The lowest BCUT2D eigenvalue weighted by molar-refractivity contribution is -0.880. The molecular formula is C21H22FN4O3+. The summed E-state index contributed by atoms with van der Waals surface area (Å²) in [5.41, 5.74) is 1.40. The Kier molecular flexibility index (Phi) is 6.10. The summed E-state index contributed by atoms with van der Waals surface area (Å²) in [7, 11) is 3.40. The number of rotatable bonds is 4. The van der Waals surface area contributed by atoms with Gasteiger partial charge >= 0.3 is 5.97 Å². The van der Waals surface area contributed by atoms with Crippen LogP contribution in [0.25, 0.3) is 0 Å². The van der Waals surface area contributed by atoms with Crippen molar-refractivity contribution in [1.82, 2.24) is 0 Å². The molecule has 2 aromatic carbocycles. The summed E-state index contributed by atoms with van der Waals surface area (Å²) >= 11 is 0. The SMILES string of the molecule is COC(=O)c1ccc(N2CC[NH+](C)CC2)c(NC(=O)c2ccc(C#N)cc2F)c1. The van der Waals surface area contributed by atoms with E-state index in [0.29, 0.717) is 5.69 Å². The van der Waals surface area contributed by atoms with Crippen LogP contribution in [0.4, 0.5) is 15.8 Å². The van der Waals surface area contributed by atoms with Gasteiger partial charge in [-0.3, -0.25) is 4.79 Å². The minimum atomic E-state index is -0.782. The number of benzene rings is 2. The maximum atomic E-state index is 14.3. The van der Waals surface area contributed by atoms with Crippen LogP contribution >= 0.6 is 0 Å². The molecule has 150 valence electrons. The quantitative estimate of drug-likeness (QED) is 0.754. The van der Waals surface area contributed by atoms with Crippen molar-refractivity contribution >= 4 is 23.3 Å². The van der Waals surface area contributed by atoms with Crippen molar-refractivity contribution in [2.24, 2.45) is 0 Å². The minimum absolute atomic E-state index is 0.132. The van der Waals surface area contributed by atoms with Gasteiger partial charge in [-0.2, -0.15) is 5.26 Å². The van der Waals surface area contributed by atoms with Crippen molar-refractivity contribution in [3.05, 3.63) is 58.9 Å². The average molecular weight is 397 g/mol. The van der Waals surface area contributed by atoms with E-state index in [4.69, 9.17) is 10.00 Å². The molecule has 0 unspecified atom stereocenters. The van der Waals surface area contributed by atoms with E-state index in [2.05, 4.69) is 17.3 Å². The lowest BCUT2D eigenvalue weighted by Crippen LogP contribution is -3.12. The van der Waals surface area contributed by atoms with Gasteiger partial charge in [0.2, 0.25) is 0 Å². The molecular weight excluding hydrogens is 375 g/mol. The number of ether oxygens (including phenoxy) is 1. The Morgan fingerprint density at radius 3 is 2.55 bits per heavy atom. The third-order valence-electron chi connectivity index (χ3n) is 4.97. The average Bonchev–Trinajstić information content (AvgIpc) is 2.73. The highest BCUT2D eigenvalue weighted by Crippen LogP contribution is 2.28. The predicted octanol–water partition coefficient (Wildman–Crippen LogP) is 1.07. The maximum Gasteiger partial charge on any atom is 0.337 e. The molecule has 1 heterocycles. The van der Waals surface area contributed by atoms with Gasteiger partial charge in [-0.1, -0.05) is 0 Å². The van der Waals surface area contributed by atoms with Gasteiger partial charge in [-0.05, 0) is 36.4 Å². The topological polar surface area (TPSA) is 86.9 Å². The van der Waals surface area contributed by atoms with Gasteiger partial charge < -0.3 is 19.9 Å². The molecule has 1 saturated heterocycles. The second kappa shape index (κ2) is 8.71. The fourth-order valence-electron chi connectivity index (χ4n) is 3.24. The molecule has 7 nitrogen and oxygen atoms in total. The number of amides is 1. The van der Waals surface area contributed by atoms with Crippen LogP contribution in [-0.4, -0.2) is 52.2 Å². The van der Waals surface area contributed by atoms with Gasteiger partial charge in [0.1, 0.15) is 5.82 Å². The number of halogens is 1. The Morgan fingerprint density at radius 1 is 1.21 bits per heavy atom. The Balaban J connectivity index is 1.93. The third kappa shape index (κ3) is 4.52.